The number of nitrogens with zero attached hydrogens (tertiary/aromatic N) is 5. The van der Waals surface area contributed by atoms with E-state index in [-0.39, 0.29) is 12.4 Å². The van der Waals surface area contributed by atoms with Crippen LogP contribution in [-0.4, -0.2) is 30.6 Å². The lowest BCUT2D eigenvalue weighted by Crippen LogP contribution is -2.19. The predicted octanol–water partition coefficient (Wildman–Crippen LogP) is 1.57. The summed E-state index contributed by atoms with van der Waals surface area (Å²) in [6.07, 6.45) is 1.09. The van der Waals surface area contributed by atoms with Crippen LogP contribution in [0, 0.1) is 15.9 Å². The number of thiazole rings is 1. The number of anilines is 1. The average Bonchev–Trinajstić information content (AvgIpc) is 3.04. The largest absolute Gasteiger partial charge is 0.490 e. The van der Waals surface area contributed by atoms with Crippen LogP contribution in [0.4, 0.5) is 15.5 Å². The van der Waals surface area contributed by atoms with E-state index in [0.717, 1.165) is 22.3 Å². The minimum Gasteiger partial charge on any atom is -0.390 e. The zero-order valence-corrected chi connectivity index (χ0v) is 11.6. The van der Waals surface area contributed by atoms with Gasteiger partial charge in [-0.3, -0.25) is 4.79 Å². The summed E-state index contributed by atoms with van der Waals surface area (Å²) in [7, 11) is 0. The summed E-state index contributed by atoms with van der Waals surface area (Å²) in [5.41, 5.74) is 0.568. The van der Waals surface area contributed by atoms with Gasteiger partial charge in [-0.1, -0.05) is 16.3 Å². The maximum absolute atomic E-state index is 13.1. The Labute approximate surface area is 125 Å². The van der Waals surface area contributed by atoms with Crippen molar-refractivity contribution >= 4 is 38.5 Å². The first-order chi connectivity index (χ1) is 10.5. The van der Waals surface area contributed by atoms with Gasteiger partial charge in [0, 0.05) is 5.10 Å². The fourth-order valence-corrected chi connectivity index (χ4v) is 2.61. The number of carbonyl (C=O) groups excluding carboxylic acids is 1. The second kappa shape index (κ2) is 5.44. The van der Waals surface area contributed by atoms with E-state index in [4.69, 9.17) is 0 Å². The maximum atomic E-state index is 13.1. The van der Waals surface area contributed by atoms with Gasteiger partial charge in [0.1, 0.15) is 12.4 Å². The van der Waals surface area contributed by atoms with Crippen molar-refractivity contribution in [2.75, 3.05) is 5.32 Å². The van der Waals surface area contributed by atoms with Gasteiger partial charge in [0.15, 0.2) is 5.13 Å². The fraction of sp³-hybridized carbons (Fsp3) is 0.0909. The van der Waals surface area contributed by atoms with Crippen molar-refractivity contribution in [3.8, 4) is 0 Å². The Morgan fingerprint density at radius 3 is 3.05 bits per heavy atom. The lowest BCUT2D eigenvalue weighted by atomic mass is 10.3. The molecule has 9 nitrogen and oxygen atoms in total. The molecule has 3 rings (SSSR count). The molecule has 112 valence electrons. The van der Waals surface area contributed by atoms with E-state index in [2.05, 4.69) is 20.4 Å². The van der Waals surface area contributed by atoms with E-state index >= 15 is 0 Å². The number of hydrogen-bond donors (Lipinski definition) is 1. The van der Waals surface area contributed by atoms with Gasteiger partial charge in [0.05, 0.1) is 10.2 Å². The highest BCUT2D eigenvalue weighted by atomic mass is 32.1. The molecule has 0 bridgehead atoms. The number of amides is 1. The number of hydrogen-bond acceptors (Lipinski definition) is 7. The summed E-state index contributed by atoms with van der Waals surface area (Å²) in [5, 5.41) is 16.8. The third-order valence-corrected chi connectivity index (χ3v) is 3.52. The van der Waals surface area contributed by atoms with Gasteiger partial charge in [-0.05, 0) is 23.1 Å². The molecule has 0 atom stereocenters. The van der Waals surface area contributed by atoms with Crippen molar-refractivity contribution in [1.82, 2.24) is 19.7 Å². The molecule has 0 spiro atoms. The van der Waals surface area contributed by atoms with E-state index in [9.17, 15) is 19.3 Å². The smallest absolute Gasteiger partial charge is 0.390 e. The number of fused-ring (bicyclic) bond motifs is 1. The third-order valence-electron chi connectivity index (χ3n) is 2.59. The second-order valence-electron chi connectivity index (χ2n) is 4.18. The quantitative estimate of drug-likeness (QED) is 0.576. The highest BCUT2D eigenvalue weighted by molar-refractivity contribution is 7.22. The number of halogens is 1. The van der Waals surface area contributed by atoms with Crippen LogP contribution in [0.15, 0.2) is 24.5 Å². The van der Waals surface area contributed by atoms with Crippen LogP contribution in [0.25, 0.3) is 10.2 Å². The number of nitrogens with one attached hydrogen (secondary N) is 1. The SMILES string of the molecule is O=C(Cn1cnc([N+](=O)[O-])n1)Nc1nc2ccc(F)cc2s1. The predicted molar refractivity (Wildman–Crippen MR) is 74.9 cm³/mol. The van der Waals surface area contributed by atoms with Gasteiger partial charge in [-0.2, -0.15) is 4.68 Å². The van der Waals surface area contributed by atoms with Crippen LogP contribution in [0.3, 0.4) is 0 Å². The summed E-state index contributed by atoms with van der Waals surface area (Å²) in [4.78, 5) is 29.1. The second-order valence-corrected chi connectivity index (χ2v) is 5.21. The summed E-state index contributed by atoms with van der Waals surface area (Å²) in [6, 6.07) is 4.11. The van der Waals surface area contributed by atoms with E-state index in [1.807, 2.05) is 0 Å². The van der Waals surface area contributed by atoms with E-state index in [1.54, 1.807) is 0 Å². The Balaban J connectivity index is 1.70. The molecule has 2 aromatic heterocycles. The van der Waals surface area contributed by atoms with Crippen molar-refractivity contribution in [2.45, 2.75) is 6.54 Å². The lowest BCUT2D eigenvalue weighted by molar-refractivity contribution is -0.394. The molecule has 1 N–H and O–H groups in total. The summed E-state index contributed by atoms with van der Waals surface area (Å²) < 4.78 is 14.7. The Kier molecular flexibility index (Phi) is 3.47. The van der Waals surface area contributed by atoms with Crippen molar-refractivity contribution in [2.24, 2.45) is 0 Å². The van der Waals surface area contributed by atoms with Crippen LogP contribution in [0.2, 0.25) is 0 Å². The van der Waals surface area contributed by atoms with E-state index < -0.39 is 16.8 Å². The van der Waals surface area contributed by atoms with Gasteiger partial charge in [0.2, 0.25) is 12.2 Å². The lowest BCUT2D eigenvalue weighted by Gasteiger charge is -1.98. The summed E-state index contributed by atoms with van der Waals surface area (Å²) in [6.45, 7) is -0.245. The standard InChI is InChI=1S/C11H7FN6O3S/c12-6-1-2-7-8(3-6)22-11(14-7)15-9(19)4-17-5-13-10(16-17)18(20)21/h1-3,5H,4H2,(H,14,15,19). The molecule has 3 aromatic rings. The molecule has 0 aliphatic heterocycles. The first kappa shape index (κ1) is 14.0. The van der Waals surface area contributed by atoms with Gasteiger partial charge in [0.25, 0.3) is 0 Å². The number of rotatable bonds is 4. The number of aromatic nitrogens is 4. The Morgan fingerprint density at radius 1 is 1.50 bits per heavy atom. The molecule has 2 heterocycles. The molecule has 11 heteroatoms. The third kappa shape index (κ3) is 2.88. The minimum atomic E-state index is -0.753. The topological polar surface area (TPSA) is 116 Å². The number of nitro groups is 1. The van der Waals surface area contributed by atoms with Gasteiger partial charge in [-0.15, -0.1) is 0 Å². The van der Waals surface area contributed by atoms with Crippen LogP contribution in [0.1, 0.15) is 0 Å². The monoisotopic (exact) mass is 322 g/mol. The molecule has 0 saturated heterocycles. The van der Waals surface area contributed by atoms with E-state index in [1.165, 1.54) is 18.2 Å². The van der Waals surface area contributed by atoms with Crippen molar-refractivity contribution in [3.63, 3.8) is 0 Å². The highest BCUT2D eigenvalue weighted by Crippen LogP contribution is 2.26. The van der Waals surface area contributed by atoms with Gasteiger partial charge >= 0.3 is 5.95 Å². The normalized spacial score (nSPS) is 10.8. The zero-order valence-electron chi connectivity index (χ0n) is 10.8. The van der Waals surface area contributed by atoms with Crippen LogP contribution in [-0.2, 0) is 11.3 Å². The Morgan fingerprint density at radius 2 is 2.32 bits per heavy atom. The molecule has 0 saturated carbocycles. The molecule has 0 aliphatic rings. The fourth-order valence-electron chi connectivity index (χ4n) is 1.70. The number of benzene rings is 1. The molecule has 0 aliphatic carbocycles. The minimum absolute atomic E-state index is 0.245. The van der Waals surface area contributed by atoms with Crippen LogP contribution in [0.5, 0.6) is 0 Å². The van der Waals surface area contributed by atoms with Crippen LogP contribution < -0.4 is 5.32 Å². The number of carbonyl (C=O) groups is 1. The maximum Gasteiger partial charge on any atom is 0.490 e. The zero-order chi connectivity index (χ0) is 15.7. The average molecular weight is 322 g/mol. The molecular formula is C11H7FN6O3S. The van der Waals surface area contributed by atoms with Crippen molar-refractivity contribution in [1.29, 1.82) is 0 Å². The first-order valence-corrected chi connectivity index (χ1v) is 6.73. The van der Waals surface area contributed by atoms with Crippen molar-refractivity contribution < 1.29 is 14.1 Å². The van der Waals surface area contributed by atoms with Crippen LogP contribution >= 0.6 is 11.3 Å². The van der Waals surface area contributed by atoms with Gasteiger partial charge in [-0.25, -0.2) is 9.37 Å². The van der Waals surface area contributed by atoms with E-state index in [0.29, 0.717) is 15.3 Å². The molecule has 22 heavy (non-hydrogen) atoms. The molecular weight excluding hydrogens is 315 g/mol. The molecule has 0 radical (unpaired) electrons. The molecule has 1 aromatic carbocycles. The molecule has 1 amide bonds. The van der Waals surface area contributed by atoms with Crippen molar-refractivity contribution in [3.05, 3.63) is 40.5 Å². The molecule has 0 fully saturated rings. The van der Waals surface area contributed by atoms with Gasteiger partial charge < -0.3 is 15.4 Å². The first-order valence-electron chi connectivity index (χ1n) is 5.91. The Bertz CT molecular complexity index is 876. The highest BCUT2D eigenvalue weighted by Gasteiger charge is 2.16. The molecule has 0 unspecified atom stereocenters. The summed E-state index contributed by atoms with van der Waals surface area (Å²) in [5.74, 6) is -1.44. The Hall–Kier alpha value is -2.95. The summed E-state index contributed by atoms with van der Waals surface area (Å²) >= 11 is 1.12.